The molecule has 120 valence electrons. The van der Waals surface area contributed by atoms with Crippen molar-refractivity contribution in [3.05, 3.63) is 22.7 Å². The highest BCUT2D eigenvalue weighted by molar-refractivity contribution is 6.35. The molecule has 2 amide bonds. The third-order valence-electron chi connectivity index (χ3n) is 2.46. The van der Waals surface area contributed by atoms with Crippen LogP contribution >= 0.6 is 11.6 Å². The molecule has 1 aromatic rings. The van der Waals surface area contributed by atoms with Crippen LogP contribution in [0, 0.1) is 0 Å². The quantitative estimate of drug-likeness (QED) is 0.485. The molecule has 7 nitrogen and oxygen atoms in total. The Kier molecular flexibility index (Phi) is 6.65. The molecule has 0 saturated heterocycles. The van der Waals surface area contributed by atoms with Gasteiger partial charge in [0.25, 0.3) is 0 Å². The third kappa shape index (κ3) is 4.92. The first-order valence-electron chi connectivity index (χ1n) is 6.44. The van der Waals surface area contributed by atoms with Gasteiger partial charge in [-0.25, -0.2) is 5.43 Å². The Labute approximate surface area is 133 Å². The molecule has 0 aliphatic heterocycles. The van der Waals surface area contributed by atoms with Crippen LogP contribution in [-0.4, -0.2) is 38.3 Å². The summed E-state index contributed by atoms with van der Waals surface area (Å²) in [6.45, 7) is 3.50. The second-order valence-corrected chi connectivity index (χ2v) is 4.97. The van der Waals surface area contributed by atoms with Crippen LogP contribution in [0.1, 0.15) is 19.4 Å². The predicted octanol–water partition coefficient (Wildman–Crippen LogP) is 1.33. The van der Waals surface area contributed by atoms with E-state index >= 15 is 0 Å². The van der Waals surface area contributed by atoms with Crippen LogP contribution in [0.15, 0.2) is 17.2 Å². The molecule has 22 heavy (non-hydrogen) atoms. The van der Waals surface area contributed by atoms with Crippen molar-refractivity contribution >= 4 is 29.6 Å². The molecule has 1 aromatic carbocycles. The number of benzene rings is 1. The number of carbonyl (C=O) groups is 2. The number of halogens is 1. The number of carbonyl (C=O) groups excluding carboxylic acids is 2. The van der Waals surface area contributed by atoms with Crippen LogP contribution in [-0.2, 0) is 9.59 Å². The van der Waals surface area contributed by atoms with E-state index in [0.717, 1.165) is 0 Å². The Balaban J connectivity index is 2.77. The second kappa shape index (κ2) is 8.23. The first-order chi connectivity index (χ1) is 10.4. The maximum atomic E-state index is 11.5. The minimum atomic E-state index is -0.850. The molecule has 0 heterocycles. The van der Waals surface area contributed by atoms with E-state index in [4.69, 9.17) is 21.1 Å². The lowest BCUT2D eigenvalue weighted by Crippen LogP contribution is -2.41. The van der Waals surface area contributed by atoms with Crippen molar-refractivity contribution < 1.29 is 19.1 Å². The Morgan fingerprint density at radius 3 is 2.45 bits per heavy atom. The standard InChI is InChI=1S/C14H18ClN3O4/c1-8(2)17-13(19)14(20)18-16-7-9-5-10(15)12(22-4)11(6-9)21-3/h5-8H,1-4H3,(H,17,19)(H,18,20)/b16-7-. The summed E-state index contributed by atoms with van der Waals surface area (Å²) in [5, 5.41) is 6.49. The summed E-state index contributed by atoms with van der Waals surface area (Å²) in [7, 11) is 2.96. The SMILES string of the molecule is COc1cc(/C=N\NC(=O)C(=O)NC(C)C)cc(Cl)c1OC. The van der Waals surface area contributed by atoms with Gasteiger partial charge >= 0.3 is 11.8 Å². The van der Waals surface area contributed by atoms with Gasteiger partial charge in [0.15, 0.2) is 11.5 Å². The van der Waals surface area contributed by atoms with E-state index in [9.17, 15) is 9.59 Å². The lowest BCUT2D eigenvalue weighted by molar-refractivity contribution is -0.139. The summed E-state index contributed by atoms with van der Waals surface area (Å²) in [5.74, 6) is -0.768. The number of ether oxygens (including phenoxy) is 2. The van der Waals surface area contributed by atoms with Crippen molar-refractivity contribution in [3.8, 4) is 11.5 Å². The van der Waals surface area contributed by atoms with Crippen LogP contribution in [0.25, 0.3) is 0 Å². The average Bonchev–Trinajstić information content (AvgIpc) is 2.45. The van der Waals surface area contributed by atoms with E-state index in [1.54, 1.807) is 26.0 Å². The van der Waals surface area contributed by atoms with E-state index in [1.165, 1.54) is 20.4 Å². The number of nitrogens with one attached hydrogen (secondary N) is 2. The van der Waals surface area contributed by atoms with Crippen molar-refractivity contribution in [2.45, 2.75) is 19.9 Å². The summed E-state index contributed by atoms with van der Waals surface area (Å²) in [6, 6.07) is 3.09. The monoisotopic (exact) mass is 327 g/mol. The number of amides is 2. The van der Waals surface area contributed by atoms with Crippen molar-refractivity contribution in [1.29, 1.82) is 0 Å². The van der Waals surface area contributed by atoms with Crippen LogP contribution in [0.2, 0.25) is 5.02 Å². The first kappa shape index (κ1) is 17.8. The summed E-state index contributed by atoms with van der Waals surface area (Å²) >= 11 is 6.04. The maximum Gasteiger partial charge on any atom is 0.329 e. The van der Waals surface area contributed by atoms with Gasteiger partial charge in [-0.15, -0.1) is 0 Å². The summed E-state index contributed by atoms with van der Waals surface area (Å²) < 4.78 is 10.3. The highest BCUT2D eigenvalue weighted by atomic mass is 35.5. The summed E-state index contributed by atoms with van der Waals surface area (Å²) in [5.41, 5.74) is 2.70. The van der Waals surface area contributed by atoms with Gasteiger partial charge in [0.05, 0.1) is 25.5 Å². The minimum absolute atomic E-state index is 0.133. The molecule has 0 fully saturated rings. The number of hydrogen-bond acceptors (Lipinski definition) is 5. The number of methoxy groups -OCH3 is 2. The Morgan fingerprint density at radius 2 is 1.91 bits per heavy atom. The molecule has 0 aromatic heterocycles. The molecule has 0 atom stereocenters. The molecule has 0 unspecified atom stereocenters. The maximum absolute atomic E-state index is 11.5. The van der Waals surface area contributed by atoms with Gasteiger partial charge in [0, 0.05) is 6.04 Å². The van der Waals surface area contributed by atoms with E-state index in [1.807, 2.05) is 0 Å². The predicted molar refractivity (Wildman–Crippen MR) is 83.6 cm³/mol. The number of hydrazone groups is 1. The first-order valence-corrected chi connectivity index (χ1v) is 6.82. The van der Waals surface area contributed by atoms with Crippen molar-refractivity contribution in [3.63, 3.8) is 0 Å². The van der Waals surface area contributed by atoms with Gasteiger partial charge in [0.1, 0.15) is 0 Å². The lowest BCUT2D eigenvalue weighted by Gasteiger charge is -2.10. The van der Waals surface area contributed by atoms with Crippen LogP contribution in [0.4, 0.5) is 0 Å². The normalized spacial score (nSPS) is 10.6. The molecular weight excluding hydrogens is 310 g/mol. The lowest BCUT2D eigenvalue weighted by atomic mass is 10.2. The number of hydrogen-bond donors (Lipinski definition) is 2. The summed E-state index contributed by atoms with van der Waals surface area (Å²) in [4.78, 5) is 22.8. The highest BCUT2D eigenvalue weighted by Crippen LogP contribution is 2.35. The second-order valence-electron chi connectivity index (χ2n) is 4.57. The van der Waals surface area contributed by atoms with Gasteiger partial charge in [-0.05, 0) is 31.5 Å². The van der Waals surface area contributed by atoms with Gasteiger partial charge in [-0.1, -0.05) is 11.6 Å². The van der Waals surface area contributed by atoms with Gasteiger partial charge < -0.3 is 14.8 Å². The largest absolute Gasteiger partial charge is 0.493 e. The van der Waals surface area contributed by atoms with Crippen LogP contribution < -0.4 is 20.2 Å². The zero-order valence-corrected chi connectivity index (χ0v) is 13.5. The average molecular weight is 328 g/mol. The molecule has 0 bridgehead atoms. The van der Waals surface area contributed by atoms with E-state index in [-0.39, 0.29) is 6.04 Å². The Hall–Kier alpha value is -2.28. The Morgan fingerprint density at radius 1 is 1.23 bits per heavy atom. The van der Waals surface area contributed by atoms with Gasteiger partial charge in [-0.2, -0.15) is 5.10 Å². The van der Waals surface area contributed by atoms with Crippen LogP contribution in [0.3, 0.4) is 0 Å². The highest BCUT2D eigenvalue weighted by Gasteiger charge is 2.13. The topological polar surface area (TPSA) is 89.0 Å². The van der Waals surface area contributed by atoms with Gasteiger partial charge in [0.2, 0.25) is 0 Å². The van der Waals surface area contributed by atoms with E-state index in [0.29, 0.717) is 22.1 Å². The number of nitrogens with zero attached hydrogens (tertiary/aromatic N) is 1. The van der Waals surface area contributed by atoms with E-state index < -0.39 is 11.8 Å². The fourth-order valence-electron chi connectivity index (χ4n) is 1.56. The van der Waals surface area contributed by atoms with Crippen molar-refractivity contribution in [2.75, 3.05) is 14.2 Å². The molecule has 0 spiro atoms. The fraction of sp³-hybridized carbons (Fsp3) is 0.357. The van der Waals surface area contributed by atoms with Crippen molar-refractivity contribution in [2.24, 2.45) is 5.10 Å². The zero-order chi connectivity index (χ0) is 16.7. The summed E-state index contributed by atoms with van der Waals surface area (Å²) in [6.07, 6.45) is 1.34. The molecule has 1 rings (SSSR count). The zero-order valence-electron chi connectivity index (χ0n) is 12.8. The van der Waals surface area contributed by atoms with E-state index in [2.05, 4.69) is 15.8 Å². The molecular formula is C14H18ClN3O4. The fourth-order valence-corrected chi connectivity index (χ4v) is 1.85. The molecule has 0 radical (unpaired) electrons. The van der Waals surface area contributed by atoms with Crippen LogP contribution in [0.5, 0.6) is 11.5 Å². The molecule has 0 aliphatic rings. The molecule has 0 saturated carbocycles. The van der Waals surface area contributed by atoms with Crippen molar-refractivity contribution in [1.82, 2.24) is 10.7 Å². The third-order valence-corrected chi connectivity index (χ3v) is 2.74. The van der Waals surface area contributed by atoms with Gasteiger partial charge in [-0.3, -0.25) is 9.59 Å². The Bertz CT molecular complexity index is 588. The molecule has 2 N–H and O–H groups in total. The molecule has 8 heteroatoms. The molecule has 0 aliphatic carbocycles. The smallest absolute Gasteiger partial charge is 0.329 e. The minimum Gasteiger partial charge on any atom is -0.493 e. The number of rotatable bonds is 5.